The van der Waals surface area contributed by atoms with Crippen molar-refractivity contribution in [2.75, 3.05) is 67.7 Å². The Morgan fingerprint density at radius 2 is 1.61 bits per heavy atom. The summed E-state index contributed by atoms with van der Waals surface area (Å²) in [6, 6.07) is 9.93. The lowest BCUT2D eigenvalue weighted by molar-refractivity contribution is -0.384. The molecule has 2 fully saturated rings. The summed E-state index contributed by atoms with van der Waals surface area (Å²) in [5.74, 6) is -0.437. The summed E-state index contributed by atoms with van der Waals surface area (Å²) in [7, 11) is 0. The number of carbonyl (C=O) groups excluding carboxylic acids is 1. The predicted octanol–water partition coefficient (Wildman–Crippen LogP) is 3.17. The lowest BCUT2D eigenvalue weighted by Crippen LogP contribution is -2.38. The zero-order chi connectivity index (χ0) is 21.8. The third-order valence-corrected chi connectivity index (χ3v) is 5.68. The van der Waals surface area contributed by atoms with E-state index in [1.165, 1.54) is 18.2 Å². The summed E-state index contributed by atoms with van der Waals surface area (Å²) in [4.78, 5) is 27.9. The van der Waals surface area contributed by atoms with Gasteiger partial charge in [-0.25, -0.2) is 0 Å². The van der Waals surface area contributed by atoms with E-state index in [4.69, 9.17) is 21.1 Å². The molecule has 0 radical (unpaired) electrons. The number of anilines is 3. The largest absolute Gasteiger partial charge is 0.378 e. The minimum absolute atomic E-state index is 0.00887. The molecule has 1 N–H and O–H groups in total. The number of halogens is 1. The number of morpholine rings is 2. The van der Waals surface area contributed by atoms with Gasteiger partial charge in [0.05, 0.1) is 42.7 Å². The van der Waals surface area contributed by atoms with Crippen molar-refractivity contribution in [3.8, 4) is 0 Å². The summed E-state index contributed by atoms with van der Waals surface area (Å²) in [5, 5.41) is 14.1. The van der Waals surface area contributed by atoms with E-state index in [0.29, 0.717) is 45.2 Å². The van der Waals surface area contributed by atoms with Gasteiger partial charge in [0.2, 0.25) is 0 Å². The molecule has 10 heteroatoms. The van der Waals surface area contributed by atoms with E-state index in [1.807, 2.05) is 12.1 Å². The fraction of sp³-hybridized carbons (Fsp3) is 0.381. The number of carbonyl (C=O) groups is 1. The third kappa shape index (κ3) is 4.90. The Balaban J connectivity index is 1.62. The Morgan fingerprint density at radius 3 is 2.26 bits per heavy atom. The van der Waals surface area contributed by atoms with Gasteiger partial charge in [-0.05, 0) is 30.3 Å². The van der Waals surface area contributed by atoms with Crippen LogP contribution in [-0.2, 0) is 9.47 Å². The molecule has 1 amide bonds. The maximum absolute atomic E-state index is 12.9. The van der Waals surface area contributed by atoms with Crippen LogP contribution in [0.15, 0.2) is 36.4 Å². The number of benzene rings is 2. The first-order chi connectivity index (χ1) is 15.0. The van der Waals surface area contributed by atoms with Crippen LogP contribution < -0.4 is 15.1 Å². The average Bonchev–Trinajstić information content (AvgIpc) is 2.80. The van der Waals surface area contributed by atoms with Crippen molar-refractivity contribution in [3.05, 3.63) is 57.1 Å². The molecule has 31 heavy (non-hydrogen) atoms. The summed E-state index contributed by atoms with van der Waals surface area (Å²) < 4.78 is 10.9. The van der Waals surface area contributed by atoms with E-state index in [1.54, 1.807) is 0 Å². The number of amides is 1. The number of hydrogen-bond donors (Lipinski definition) is 1. The van der Waals surface area contributed by atoms with Gasteiger partial charge in [-0.3, -0.25) is 14.9 Å². The molecular weight excluding hydrogens is 424 g/mol. The SMILES string of the molecule is O=C(Nc1ccc(N2CCOCC2)cc1N1CCOCC1)c1ccc(Cl)c([N+](=O)[O-])c1. The first-order valence-electron chi connectivity index (χ1n) is 10.1. The Kier molecular flexibility index (Phi) is 6.55. The number of nitro benzene ring substituents is 1. The first kappa shape index (κ1) is 21.4. The number of nitrogens with zero attached hydrogens (tertiary/aromatic N) is 3. The Bertz CT molecular complexity index is 974. The highest BCUT2D eigenvalue weighted by molar-refractivity contribution is 6.32. The molecule has 0 aromatic heterocycles. The average molecular weight is 447 g/mol. The van der Waals surface area contributed by atoms with E-state index in [9.17, 15) is 14.9 Å². The van der Waals surface area contributed by atoms with Crippen LogP contribution in [0.3, 0.4) is 0 Å². The van der Waals surface area contributed by atoms with Crippen molar-refractivity contribution in [3.63, 3.8) is 0 Å². The zero-order valence-corrected chi connectivity index (χ0v) is 17.6. The number of nitro groups is 1. The Labute approximate surface area is 184 Å². The quantitative estimate of drug-likeness (QED) is 0.556. The minimum atomic E-state index is -0.602. The normalized spacial score (nSPS) is 16.8. The molecule has 2 aliphatic heterocycles. The number of rotatable bonds is 5. The molecular formula is C21H23ClN4O5. The van der Waals surface area contributed by atoms with Crippen molar-refractivity contribution < 1.29 is 19.2 Å². The van der Waals surface area contributed by atoms with Gasteiger partial charge >= 0.3 is 0 Å². The molecule has 2 saturated heterocycles. The Morgan fingerprint density at radius 1 is 0.968 bits per heavy atom. The van der Waals surface area contributed by atoms with Crippen LogP contribution in [0, 0.1) is 10.1 Å². The van der Waals surface area contributed by atoms with Gasteiger partial charge < -0.3 is 24.6 Å². The van der Waals surface area contributed by atoms with Gasteiger partial charge in [0.1, 0.15) is 5.02 Å². The van der Waals surface area contributed by atoms with Crippen molar-refractivity contribution in [1.82, 2.24) is 0 Å². The monoisotopic (exact) mass is 446 g/mol. The predicted molar refractivity (Wildman–Crippen MR) is 119 cm³/mol. The van der Waals surface area contributed by atoms with Crippen LogP contribution in [0.25, 0.3) is 0 Å². The molecule has 0 spiro atoms. The van der Waals surface area contributed by atoms with Crippen molar-refractivity contribution >= 4 is 40.3 Å². The van der Waals surface area contributed by atoms with Crippen molar-refractivity contribution in [2.24, 2.45) is 0 Å². The second-order valence-electron chi connectivity index (χ2n) is 7.28. The standard InChI is InChI=1S/C21H23ClN4O5/c22-17-3-1-15(13-19(17)26(28)29)21(27)23-18-4-2-16(24-5-9-30-10-6-24)14-20(18)25-7-11-31-12-8-25/h1-4,13-14H,5-12H2,(H,23,27). The maximum Gasteiger partial charge on any atom is 0.288 e. The molecule has 0 aliphatic carbocycles. The molecule has 0 atom stereocenters. The van der Waals surface area contributed by atoms with E-state index in [0.717, 1.165) is 24.5 Å². The topological polar surface area (TPSA) is 97.2 Å². The second-order valence-corrected chi connectivity index (χ2v) is 7.68. The van der Waals surface area contributed by atoms with Crippen LogP contribution in [0.5, 0.6) is 0 Å². The van der Waals surface area contributed by atoms with Gasteiger partial charge in [0.25, 0.3) is 11.6 Å². The summed E-state index contributed by atoms with van der Waals surface area (Å²) in [5.41, 5.74) is 2.46. The Hall–Kier alpha value is -2.88. The molecule has 2 heterocycles. The summed E-state index contributed by atoms with van der Waals surface area (Å²) >= 11 is 5.87. The zero-order valence-electron chi connectivity index (χ0n) is 16.9. The van der Waals surface area contributed by atoms with E-state index >= 15 is 0 Å². The molecule has 2 aliphatic rings. The number of hydrogen-bond acceptors (Lipinski definition) is 7. The molecule has 164 valence electrons. The molecule has 0 unspecified atom stereocenters. The first-order valence-corrected chi connectivity index (χ1v) is 10.5. The molecule has 2 aromatic rings. The fourth-order valence-electron chi connectivity index (χ4n) is 3.70. The minimum Gasteiger partial charge on any atom is -0.378 e. The van der Waals surface area contributed by atoms with Crippen LogP contribution in [-0.4, -0.2) is 63.4 Å². The van der Waals surface area contributed by atoms with E-state index < -0.39 is 10.8 Å². The van der Waals surface area contributed by atoms with Gasteiger partial charge in [-0.2, -0.15) is 0 Å². The van der Waals surface area contributed by atoms with E-state index in [2.05, 4.69) is 21.2 Å². The fourth-order valence-corrected chi connectivity index (χ4v) is 3.88. The van der Waals surface area contributed by atoms with Gasteiger partial charge in [0.15, 0.2) is 0 Å². The smallest absolute Gasteiger partial charge is 0.288 e. The summed E-state index contributed by atoms with van der Waals surface area (Å²) in [6.45, 7) is 5.62. The van der Waals surface area contributed by atoms with Crippen LogP contribution in [0.1, 0.15) is 10.4 Å². The van der Waals surface area contributed by atoms with Crippen LogP contribution >= 0.6 is 11.6 Å². The highest BCUT2D eigenvalue weighted by Gasteiger charge is 2.21. The molecule has 9 nitrogen and oxygen atoms in total. The summed E-state index contributed by atoms with van der Waals surface area (Å²) in [6.07, 6.45) is 0. The lowest BCUT2D eigenvalue weighted by Gasteiger charge is -2.33. The van der Waals surface area contributed by atoms with Gasteiger partial charge in [-0.1, -0.05) is 11.6 Å². The highest BCUT2D eigenvalue weighted by Crippen LogP contribution is 2.33. The van der Waals surface area contributed by atoms with Gasteiger partial charge in [-0.15, -0.1) is 0 Å². The molecule has 0 bridgehead atoms. The highest BCUT2D eigenvalue weighted by atomic mass is 35.5. The maximum atomic E-state index is 12.9. The van der Waals surface area contributed by atoms with Crippen LogP contribution in [0.4, 0.5) is 22.7 Å². The second kappa shape index (κ2) is 9.51. The molecule has 4 rings (SSSR count). The van der Waals surface area contributed by atoms with Crippen molar-refractivity contribution in [1.29, 1.82) is 0 Å². The molecule has 2 aromatic carbocycles. The third-order valence-electron chi connectivity index (χ3n) is 5.36. The number of ether oxygens (including phenoxy) is 2. The van der Waals surface area contributed by atoms with Crippen molar-refractivity contribution in [2.45, 2.75) is 0 Å². The van der Waals surface area contributed by atoms with Gasteiger partial charge in [0, 0.05) is 43.5 Å². The van der Waals surface area contributed by atoms with Crippen LogP contribution in [0.2, 0.25) is 5.02 Å². The number of nitrogens with one attached hydrogen (secondary N) is 1. The molecule has 0 saturated carbocycles. The lowest BCUT2D eigenvalue weighted by atomic mass is 10.1. The van der Waals surface area contributed by atoms with E-state index in [-0.39, 0.29) is 16.3 Å².